The molecule has 0 bridgehead atoms. The van der Waals surface area contributed by atoms with Crippen molar-refractivity contribution in [2.24, 2.45) is 5.92 Å². The molecule has 140 valence electrons. The van der Waals surface area contributed by atoms with Gasteiger partial charge in [-0.2, -0.15) is 5.10 Å². The van der Waals surface area contributed by atoms with Gasteiger partial charge >= 0.3 is 0 Å². The van der Waals surface area contributed by atoms with Gasteiger partial charge in [0.15, 0.2) is 0 Å². The molecule has 0 spiro atoms. The van der Waals surface area contributed by atoms with Gasteiger partial charge in [-0.3, -0.25) is 9.89 Å². The van der Waals surface area contributed by atoms with Crippen LogP contribution >= 0.6 is 0 Å². The molecule has 1 aromatic carbocycles. The highest BCUT2D eigenvalue weighted by Crippen LogP contribution is 2.21. The molecule has 0 aliphatic carbocycles. The van der Waals surface area contributed by atoms with E-state index in [0.717, 1.165) is 35.9 Å². The number of benzene rings is 1. The number of aromatic amines is 1. The van der Waals surface area contributed by atoms with Crippen LogP contribution in [0.3, 0.4) is 0 Å². The Morgan fingerprint density at radius 1 is 1.38 bits per heavy atom. The van der Waals surface area contributed by atoms with Crippen LogP contribution in [-0.2, 0) is 0 Å². The predicted molar refractivity (Wildman–Crippen MR) is 102 cm³/mol. The van der Waals surface area contributed by atoms with Crippen molar-refractivity contribution >= 4 is 5.91 Å². The molecule has 6 heteroatoms. The van der Waals surface area contributed by atoms with E-state index in [1.165, 1.54) is 25.9 Å². The number of H-pyrrole nitrogens is 1. The summed E-state index contributed by atoms with van der Waals surface area (Å²) in [6, 6.07) is 9.40. The summed E-state index contributed by atoms with van der Waals surface area (Å²) in [5.41, 5.74) is 2.18. The minimum atomic E-state index is -0.107. The molecule has 3 rings (SSSR count). The zero-order chi connectivity index (χ0) is 18.4. The molecule has 1 aromatic heterocycles. The monoisotopic (exact) mass is 356 g/mol. The Morgan fingerprint density at radius 2 is 2.19 bits per heavy atom. The lowest BCUT2D eigenvalue weighted by atomic mass is 10.0. The predicted octanol–water partition coefficient (Wildman–Crippen LogP) is 2.94. The fourth-order valence-corrected chi connectivity index (χ4v) is 3.44. The number of carbonyl (C=O) groups excluding carboxylic acids is 1. The highest BCUT2D eigenvalue weighted by Gasteiger charge is 2.16. The number of nitrogens with one attached hydrogen (secondary N) is 2. The minimum Gasteiger partial charge on any atom is -0.497 e. The maximum Gasteiger partial charge on any atom is 0.269 e. The zero-order valence-corrected chi connectivity index (χ0v) is 15.6. The number of methoxy groups -OCH3 is 1. The summed E-state index contributed by atoms with van der Waals surface area (Å²) in [4.78, 5) is 14.8. The van der Waals surface area contributed by atoms with Crippen LogP contribution in [0.15, 0.2) is 30.3 Å². The Morgan fingerprint density at radius 3 is 2.92 bits per heavy atom. The Bertz CT molecular complexity index is 711. The highest BCUT2D eigenvalue weighted by molar-refractivity contribution is 5.93. The molecule has 6 nitrogen and oxygen atoms in total. The van der Waals surface area contributed by atoms with Crippen LogP contribution in [0.1, 0.15) is 36.7 Å². The number of hydrogen-bond acceptors (Lipinski definition) is 4. The first kappa shape index (κ1) is 18.5. The summed E-state index contributed by atoms with van der Waals surface area (Å²) >= 11 is 0. The Labute approximate surface area is 154 Å². The van der Waals surface area contributed by atoms with E-state index in [9.17, 15) is 4.79 Å². The van der Waals surface area contributed by atoms with Gasteiger partial charge in [-0.25, -0.2) is 0 Å². The molecular formula is C20H28N4O2. The van der Waals surface area contributed by atoms with E-state index >= 15 is 0 Å². The molecule has 2 heterocycles. The molecule has 1 atom stereocenters. The van der Waals surface area contributed by atoms with E-state index in [0.29, 0.717) is 12.2 Å². The maximum atomic E-state index is 12.3. The van der Waals surface area contributed by atoms with Crippen LogP contribution in [0, 0.1) is 5.92 Å². The van der Waals surface area contributed by atoms with Crippen LogP contribution in [0.2, 0.25) is 0 Å². The van der Waals surface area contributed by atoms with Crippen molar-refractivity contribution in [1.29, 1.82) is 0 Å². The number of likely N-dealkylation sites (tertiary alicyclic amines) is 1. The second-order valence-electron chi connectivity index (χ2n) is 7.05. The van der Waals surface area contributed by atoms with Gasteiger partial charge in [-0.15, -0.1) is 0 Å². The number of aromatic nitrogens is 2. The van der Waals surface area contributed by atoms with E-state index in [1.807, 2.05) is 24.3 Å². The summed E-state index contributed by atoms with van der Waals surface area (Å²) < 4.78 is 5.16. The van der Waals surface area contributed by atoms with E-state index in [2.05, 4.69) is 27.3 Å². The normalized spacial score (nSPS) is 17.8. The largest absolute Gasteiger partial charge is 0.497 e. The van der Waals surface area contributed by atoms with Gasteiger partial charge in [0, 0.05) is 18.7 Å². The summed E-state index contributed by atoms with van der Waals surface area (Å²) in [5.74, 6) is 1.48. The SMILES string of the molecule is COc1ccc(-c2cc(C(=O)NCCCN3CCC[C@@H](C)C3)[nH]n2)cc1. The van der Waals surface area contributed by atoms with Crippen molar-refractivity contribution < 1.29 is 9.53 Å². The summed E-state index contributed by atoms with van der Waals surface area (Å²) in [6.07, 6.45) is 3.59. The lowest BCUT2D eigenvalue weighted by Gasteiger charge is -2.30. The molecule has 0 radical (unpaired) electrons. The highest BCUT2D eigenvalue weighted by atomic mass is 16.5. The number of amides is 1. The number of piperidine rings is 1. The number of hydrogen-bond donors (Lipinski definition) is 2. The third-order valence-corrected chi connectivity index (χ3v) is 4.89. The molecule has 0 unspecified atom stereocenters. The number of ether oxygens (including phenoxy) is 1. The third kappa shape index (κ3) is 4.85. The molecule has 1 saturated heterocycles. The minimum absolute atomic E-state index is 0.107. The average molecular weight is 356 g/mol. The van der Waals surface area contributed by atoms with Crippen LogP contribution in [-0.4, -0.2) is 54.3 Å². The van der Waals surface area contributed by atoms with Crippen molar-refractivity contribution in [3.8, 4) is 17.0 Å². The molecule has 1 amide bonds. The van der Waals surface area contributed by atoms with Crippen molar-refractivity contribution in [3.05, 3.63) is 36.0 Å². The second kappa shape index (κ2) is 8.85. The van der Waals surface area contributed by atoms with Crippen molar-refractivity contribution in [2.75, 3.05) is 33.3 Å². The lowest BCUT2D eigenvalue weighted by molar-refractivity contribution is 0.0945. The molecule has 26 heavy (non-hydrogen) atoms. The van der Waals surface area contributed by atoms with Crippen LogP contribution in [0.5, 0.6) is 5.75 Å². The summed E-state index contributed by atoms with van der Waals surface area (Å²) in [6.45, 7) is 6.40. The van der Waals surface area contributed by atoms with Crippen molar-refractivity contribution in [2.45, 2.75) is 26.2 Å². The number of rotatable bonds is 7. The maximum absolute atomic E-state index is 12.3. The molecule has 0 saturated carbocycles. The second-order valence-corrected chi connectivity index (χ2v) is 7.05. The Balaban J connectivity index is 1.45. The van der Waals surface area contributed by atoms with E-state index in [1.54, 1.807) is 13.2 Å². The fraction of sp³-hybridized carbons (Fsp3) is 0.500. The Kier molecular flexibility index (Phi) is 6.28. The molecule has 1 fully saturated rings. The van der Waals surface area contributed by atoms with Gasteiger partial charge in [0.05, 0.1) is 12.8 Å². The van der Waals surface area contributed by atoms with Gasteiger partial charge in [0.1, 0.15) is 11.4 Å². The zero-order valence-electron chi connectivity index (χ0n) is 15.6. The van der Waals surface area contributed by atoms with Gasteiger partial charge in [0.25, 0.3) is 5.91 Å². The van der Waals surface area contributed by atoms with E-state index in [-0.39, 0.29) is 5.91 Å². The Hall–Kier alpha value is -2.34. The molecule has 1 aliphatic heterocycles. The summed E-state index contributed by atoms with van der Waals surface area (Å²) in [5, 5.41) is 10.0. The van der Waals surface area contributed by atoms with Crippen LogP contribution in [0.4, 0.5) is 0 Å². The smallest absolute Gasteiger partial charge is 0.269 e. The van der Waals surface area contributed by atoms with Crippen molar-refractivity contribution in [3.63, 3.8) is 0 Å². The summed E-state index contributed by atoms with van der Waals surface area (Å²) in [7, 11) is 1.64. The van der Waals surface area contributed by atoms with Gasteiger partial charge in [-0.1, -0.05) is 6.92 Å². The van der Waals surface area contributed by atoms with E-state index < -0.39 is 0 Å². The third-order valence-electron chi connectivity index (χ3n) is 4.89. The number of carbonyl (C=O) groups is 1. The van der Waals surface area contributed by atoms with E-state index in [4.69, 9.17) is 4.74 Å². The first-order chi connectivity index (χ1) is 12.7. The molecule has 2 N–H and O–H groups in total. The van der Waals surface area contributed by atoms with Crippen LogP contribution < -0.4 is 10.1 Å². The number of nitrogens with zero attached hydrogens (tertiary/aromatic N) is 2. The molecule has 2 aromatic rings. The lowest BCUT2D eigenvalue weighted by Crippen LogP contribution is -2.36. The topological polar surface area (TPSA) is 70.2 Å². The average Bonchev–Trinajstić information content (AvgIpc) is 3.15. The van der Waals surface area contributed by atoms with Gasteiger partial charge in [0.2, 0.25) is 0 Å². The molecule has 1 aliphatic rings. The first-order valence-electron chi connectivity index (χ1n) is 9.36. The standard InChI is InChI=1S/C20H28N4O2/c1-15-5-3-11-24(14-15)12-4-10-21-20(25)19-13-18(22-23-19)16-6-8-17(26-2)9-7-16/h6-9,13,15H,3-5,10-12,14H2,1-2H3,(H,21,25)(H,22,23)/t15-/m1/s1. The first-order valence-corrected chi connectivity index (χ1v) is 9.36. The fourth-order valence-electron chi connectivity index (χ4n) is 3.44. The van der Waals surface area contributed by atoms with Crippen molar-refractivity contribution in [1.82, 2.24) is 20.4 Å². The molecular weight excluding hydrogens is 328 g/mol. The van der Waals surface area contributed by atoms with Gasteiger partial charge < -0.3 is 15.0 Å². The quantitative estimate of drug-likeness (QED) is 0.749. The van der Waals surface area contributed by atoms with Crippen LogP contribution in [0.25, 0.3) is 11.3 Å². The van der Waals surface area contributed by atoms with Gasteiger partial charge in [-0.05, 0) is 68.6 Å².